The summed E-state index contributed by atoms with van der Waals surface area (Å²) in [6, 6.07) is 12.7. The maximum absolute atomic E-state index is 9.09. The largest absolute Gasteiger partial charge is 0.456 e. The van der Waals surface area contributed by atoms with Crippen LogP contribution in [0.2, 0.25) is 0 Å². The van der Waals surface area contributed by atoms with E-state index in [4.69, 9.17) is 9.68 Å². The summed E-state index contributed by atoms with van der Waals surface area (Å²) in [5.41, 5.74) is 6.25. The van der Waals surface area contributed by atoms with E-state index in [1.165, 1.54) is 16.5 Å². The molecule has 4 heteroatoms. The van der Waals surface area contributed by atoms with Gasteiger partial charge in [0.2, 0.25) is 5.52 Å². The van der Waals surface area contributed by atoms with Crippen molar-refractivity contribution in [2.45, 2.75) is 13.3 Å². The van der Waals surface area contributed by atoms with Crippen LogP contribution >= 0.6 is 0 Å². The zero-order chi connectivity index (χ0) is 18.0. The summed E-state index contributed by atoms with van der Waals surface area (Å²) in [7, 11) is 4.13. The maximum Gasteiger partial charge on any atom is 0.216 e. The molecule has 0 fully saturated rings. The van der Waals surface area contributed by atoms with Crippen LogP contribution < -0.4 is 4.57 Å². The zero-order valence-corrected chi connectivity index (χ0v) is 15.0. The first kappa shape index (κ1) is 15.0. The minimum absolute atomic E-state index is 0.380. The number of aromatic nitrogens is 2. The van der Waals surface area contributed by atoms with Crippen molar-refractivity contribution in [3.63, 3.8) is 0 Å². The van der Waals surface area contributed by atoms with E-state index in [1.54, 1.807) is 0 Å². The normalized spacial score (nSPS) is 11.8. The van der Waals surface area contributed by atoms with Gasteiger partial charge >= 0.3 is 0 Å². The molecule has 5 rings (SSSR count). The lowest BCUT2D eigenvalue weighted by molar-refractivity contribution is -0.642. The Bertz CT molecular complexity index is 1400. The fourth-order valence-corrected chi connectivity index (χ4v) is 4.15. The molecule has 0 spiro atoms. The monoisotopic (exact) mass is 340 g/mol. The second-order valence-corrected chi connectivity index (χ2v) is 7.00. The van der Waals surface area contributed by atoms with Gasteiger partial charge in [0, 0.05) is 30.1 Å². The predicted molar refractivity (Wildman–Crippen MR) is 103 cm³/mol. The lowest BCUT2D eigenvalue weighted by Gasteiger charge is -2.15. The molecule has 0 saturated heterocycles. The van der Waals surface area contributed by atoms with Gasteiger partial charge in [-0.25, -0.2) is 4.57 Å². The van der Waals surface area contributed by atoms with Crippen LogP contribution in [-0.4, -0.2) is 4.57 Å². The molecule has 0 saturated carbocycles. The summed E-state index contributed by atoms with van der Waals surface area (Å²) in [5, 5.41) is 13.7. The Hall–Kier alpha value is -3.32. The van der Waals surface area contributed by atoms with Crippen molar-refractivity contribution in [1.29, 1.82) is 5.26 Å². The molecule has 0 atom stereocenters. The Labute approximate surface area is 150 Å². The van der Waals surface area contributed by atoms with E-state index in [-0.39, 0.29) is 0 Å². The molecule has 126 valence electrons. The van der Waals surface area contributed by atoms with Crippen LogP contribution in [0.1, 0.15) is 11.1 Å². The number of hydrogen-bond acceptors (Lipinski definition) is 2. The molecule has 0 radical (unpaired) electrons. The number of benzene rings is 2. The second-order valence-electron chi connectivity index (χ2n) is 7.00. The minimum Gasteiger partial charge on any atom is -0.456 e. The number of nitrogens with zero attached hydrogens (tertiary/aromatic N) is 3. The van der Waals surface area contributed by atoms with Gasteiger partial charge in [0.15, 0.2) is 6.20 Å². The maximum atomic E-state index is 9.09. The fourth-order valence-electron chi connectivity index (χ4n) is 4.15. The summed E-state index contributed by atoms with van der Waals surface area (Å²) in [6.45, 7) is 2.17. The van der Waals surface area contributed by atoms with Crippen molar-refractivity contribution >= 4 is 43.7 Å². The molecular weight excluding hydrogens is 322 g/mol. The van der Waals surface area contributed by atoms with Gasteiger partial charge in [0.05, 0.1) is 29.5 Å². The SMILES string of the molecule is Cc1c2cc[n+](C)c2cc2oc3cc(CC#N)cc4ccn(C)c(c12)c43. The number of fused-ring (bicyclic) bond motifs is 3. The van der Waals surface area contributed by atoms with Gasteiger partial charge in [-0.2, -0.15) is 5.26 Å². The Kier molecular flexibility index (Phi) is 2.93. The highest BCUT2D eigenvalue weighted by Gasteiger charge is 2.19. The summed E-state index contributed by atoms with van der Waals surface area (Å²) in [5.74, 6) is 0. The van der Waals surface area contributed by atoms with Crippen LogP contribution in [0.5, 0.6) is 0 Å². The zero-order valence-electron chi connectivity index (χ0n) is 15.0. The molecular formula is C22H18N3O+. The molecule has 0 aliphatic heterocycles. The highest BCUT2D eigenvalue weighted by molar-refractivity contribution is 6.19. The molecule has 0 aliphatic rings. The van der Waals surface area contributed by atoms with E-state index in [9.17, 15) is 0 Å². The topological polar surface area (TPSA) is 45.7 Å². The quantitative estimate of drug-likeness (QED) is 0.257. The number of nitriles is 1. The van der Waals surface area contributed by atoms with Crippen LogP contribution in [0.25, 0.3) is 43.7 Å². The lowest BCUT2D eigenvalue weighted by Crippen LogP contribution is -2.24. The average molecular weight is 340 g/mol. The van der Waals surface area contributed by atoms with E-state index in [0.29, 0.717) is 6.42 Å². The lowest BCUT2D eigenvalue weighted by atomic mass is 9.99. The van der Waals surface area contributed by atoms with Gasteiger partial charge in [0.25, 0.3) is 0 Å². The van der Waals surface area contributed by atoms with Crippen molar-refractivity contribution in [1.82, 2.24) is 4.57 Å². The minimum atomic E-state index is 0.380. The molecule has 3 aromatic heterocycles. The molecule has 2 aromatic carbocycles. The van der Waals surface area contributed by atoms with Gasteiger partial charge in [-0.15, -0.1) is 0 Å². The van der Waals surface area contributed by atoms with Crippen molar-refractivity contribution < 1.29 is 8.98 Å². The van der Waals surface area contributed by atoms with Crippen LogP contribution in [0.4, 0.5) is 0 Å². The first-order valence-electron chi connectivity index (χ1n) is 8.67. The number of aryl methyl sites for hydroxylation is 3. The third-order valence-corrected chi connectivity index (χ3v) is 5.41. The van der Waals surface area contributed by atoms with Gasteiger partial charge < -0.3 is 8.98 Å². The summed E-state index contributed by atoms with van der Waals surface area (Å²) >= 11 is 0. The van der Waals surface area contributed by atoms with Gasteiger partial charge in [0.1, 0.15) is 18.2 Å². The Morgan fingerprint density at radius 2 is 1.96 bits per heavy atom. The van der Waals surface area contributed by atoms with Crippen LogP contribution in [0.15, 0.2) is 47.1 Å². The van der Waals surface area contributed by atoms with Gasteiger partial charge in [-0.3, -0.25) is 0 Å². The van der Waals surface area contributed by atoms with Crippen LogP contribution in [0, 0.1) is 18.3 Å². The average Bonchev–Trinajstić information content (AvgIpc) is 2.99. The molecule has 0 unspecified atom stereocenters. The standard InChI is InChI=1S/C22H18N3O/c1-13-16-6-9-24(2)17(16)12-19-20(13)22-21-15(5-8-25(22)3)10-14(4-7-23)11-18(21)26-19/h5-6,8-12H,4H2,1-3H3/q+1. The van der Waals surface area contributed by atoms with E-state index < -0.39 is 0 Å². The first-order chi connectivity index (χ1) is 12.6. The fraction of sp³-hybridized carbons (Fsp3) is 0.182. The molecule has 0 aliphatic carbocycles. The highest BCUT2D eigenvalue weighted by Crippen LogP contribution is 2.37. The Morgan fingerprint density at radius 3 is 2.77 bits per heavy atom. The third-order valence-electron chi connectivity index (χ3n) is 5.41. The highest BCUT2D eigenvalue weighted by atomic mass is 16.3. The number of rotatable bonds is 1. The van der Waals surface area contributed by atoms with Crippen molar-refractivity contribution in [3.05, 3.63) is 53.9 Å². The van der Waals surface area contributed by atoms with Gasteiger partial charge in [-0.05, 0) is 41.6 Å². The van der Waals surface area contributed by atoms with E-state index >= 15 is 0 Å². The van der Waals surface area contributed by atoms with Crippen molar-refractivity contribution in [2.75, 3.05) is 0 Å². The van der Waals surface area contributed by atoms with Gasteiger partial charge in [-0.1, -0.05) is 0 Å². The van der Waals surface area contributed by atoms with E-state index in [0.717, 1.165) is 38.4 Å². The molecule has 0 amide bonds. The van der Waals surface area contributed by atoms with Crippen LogP contribution in [0.3, 0.4) is 0 Å². The number of pyridine rings is 1. The first-order valence-corrected chi connectivity index (χ1v) is 8.67. The van der Waals surface area contributed by atoms with Crippen molar-refractivity contribution in [2.24, 2.45) is 14.1 Å². The predicted octanol–water partition coefficient (Wildman–Crippen LogP) is 4.43. The summed E-state index contributed by atoms with van der Waals surface area (Å²) in [6.07, 6.45) is 4.55. The molecule has 4 nitrogen and oxygen atoms in total. The van der Waals surface area contributed by atoms with E-state index in [2.05, 4.69) is 72.9 Å². The molecule has 26 heavy (non-hydrogen) atoms. The summed E-state index contributed by atoms with van der Waals surface area (Å²) in [4.78, 5) is 0. The molecule has 0 N–H and O–H groups in total. The third kappa shape index (κ3) is 1.86. The smallest absolute Gasteiger partial charge is 0.216 e. The molecule has 3 heterocycles. The Balaban J connectivity index is 2.09. The van der Waals surface area contributed by atoms with Crippen LogP contribution in [-0.2, 0) is 20.5 Å². The molecule has 5 aromatic rings. The summed E-state index contributed by atoms with van der Waals surface area (Å²) < 4.78 is 10.7. The molecule has 0 bridgehead atoms. The Morgan fingerprint density at radius 1 is 1.15 bits per heavy atom. The number of hydrogen-bond donors (Lipinski definition) is 0. The van der Waals surface area contributed by atoms with E-state index in [1.807, 2.05) is 6.07 Å². The van der Waals surface area contributed by atoms with Crippen molar-refractivity contribution in [3.8, 4) is 6.07 Å². The second kappa shape index (κ2) is 5.09.